The summed E-state index contributed by atoms with van der Waals surface area (Å²) >= 11 is 0. The van der Waals surface area contributed by atoms with Gasteiger partial charge in [0.25, 0.3) is 0 Å². The standard InChI is InChI=1S/C9H14F3NO3/c1-13-3-2-8(7(15)16,6(14)4-13)5-9(10,11)12/h6,14H,2-5H2,1H3,(H,15,16). The molecule has 0 aromatic carbocycles. The van der Waals surface area contributed by atoms with Gasteiger partial charge in [-0.1, -0.05) is 0 Å². The molecule has 1 rings (SSSR count). The van der Waals surface area contributed by atoms with Crippen LogP contribution in [0.15, 0.2) is 0 Å². The molecule has 94 valence electrons. The van der Waals surface area contributed by atoms with Crippen molar-refractivity contribution in [2.75, 3.05) is 20.1 Å². The van der Waals surface area contributed by atoms with E-state index in [0.717, 1.165) is 0 Å². The molecule has 4 nitrogen and oxygen atoms in total. The monoisotopic (exact) mass is 241 g/mol. The van der Waals surface area contributed by atoms with Gasteiger partial charge in [-0.3, -0.25) is 4.79 Å². The van der Waals surface area contributed by atoms with Gasteiger partial charge in [-0.25, -0.2) is 0 Å². The maximum absolute atomic E-state index is 12.3. The first-order valence-corrected chi connectivity index (χ1v) is 4.84. The quantitative estimate of drug-likeness (QED) is 0.747. The van der Waals surface area contributed by atoms with Crippen molar-refractivity contribution < 1.29 is 28.2 Å². The Morgan fingerprint density at radius 2 is 2.12 bits per heavy atom. The van der Waals surface area contributed by atoms with Gasteiger partial charge < -0.3 is 15.1 Å². The number of likely N-dealkylation sites (N-methyl/N-ethyl adjacent to an activating group) is 1. The van der Waals surface area contributed by atoms with Crippen molar-refractivity contribution >= 4 is 5.97 Å². The smallest absolute Gasteiger partial charge is 0.390 e. The van der Waals surface area contributed by atoms with Crippen LogP contribution in [0.2, 0.25) is 0 Å². The second-order valence-electron chi connectivity index (χ2n) is 4.28. The average Bonchev–Trinajstić information content (AvgIpc) is 2.07. The molecule has 7 heteroatoms. The van der Waals surface area contributed by atoms with E-state index in [4.69, 9.17) is 5.11 Å². The molecular formula is C9H14F3NO3. The van der Waals surface area contributed by atoms with E-state index in [1.54, 1.807) is 11.9 Å². The zero-order valence-corrected chi connectivity index (χ0v) is 8.79. The van der Waals surface area contributed by atoms with Gasteiger partial charge in [0.15, 0.2) is 0 Å². The molecule has 1 aliphatic rings. The van der Waals surface area contributed by atoms with Crippen LogP contribution in [0.25, 0.3) is 0 Å². The predicted octanol–water partition coefficient (Wildman–Crippen LogP) is 0.706. The molecule has 0 aromatic rings. The van der Waals surface area contributed by atoms with Crippen LogP contribution in [0.4, 0.5) is 13.2 Å². The minimum atomic E-state index is -4.59. The Labute approximate surface area is 90.7 Å². The molecule has 0 bridgehead atoms. The third-order valence-electron chi connectivity index (χ3n) is 3.00. The molecule has 2 atom stereocenters. The first-order valence-electron chi connectivity index (χ1n) is 4.84. The third-order valence-corrected chi connectivity index (χ3v) is 3.00. The number of carbonyl (C=O) groups is 1. The lowest BCUT2D eigenvalue weighted by Gasteiger charge is -2.41. The Hall–Kier alpha value is -0.820. The summed E-state index contributed by atoms with van der Waals surface area (Å²) in [6.45, 7) is 0.182. The van der Waals surface area contributed by atoms with Crippen LogP contribution in [0.5, 0.6) is 0 Å². The van der Waals surface area contributed by atoms with Crippen LogP contribution in [0.3, 0.4) is 0 Å². The SMILES string of the molecule is CN1CCC(CC(F)(F)F)(C(=O)O)C(O)C1. The largest absolute Gasteiger partial charge is 0.481 e. The van der Waals surface area contributed by atoms with Gasteiger partial charge >= 0.3 is 12.1 Å². The summed E-state index contributed by atoms with van der Waals surface area (Å²) in [7, 11) is 1.63. The lowest BCUT2D eigenvalue weighted by Crippen LogP contribution is -2.55. The number of likely N-dealkylation sites (tertiary alicyclic amines) is 1. The fourth-order valence-electron chi connectivity index (χ4n) is 2.01. The molecule has 0 saturated carbocycles. The highest BCUT2D eigenvalue weighted by molar-refractivity contribution is 5.75. The number of aliphatic carboxylic acids is 1. The second kappa shape index (κ2) is 4.21. The zero-order valence-electron chi connectivity index (χ0n) is 8.79. The van der Waals surface area contributed by atoms with E-state index in [1.165, 1.54) is 0 Å². The lowest BCUT2D eigenvalue weighted by atomic mass is 9.73. The summed E-state index contributed by atoms with van der Waals surface area (Å²) in [6.07, 6.45) is -7.76. The molecule has 2 N–H and O–H groups in total. The van der Waals surface area contributed by atoms with E-state index < -0.39 is 30.1 Å². The molecular weight excluding hydrogens is 227 g/mol. The lowest BCUT2D eigenvalue weighted by molar-refractivity contribution is -0.200. The number of carboxylic acid groups (broad SMARTS) is 1. The van der Waals surface area contributed by atoms with Crippen LogP contribution >= 0.6 is 0 Å². The van der Waals surface area contributed by atoms with E-state index in [-0.39, 0.29) is 19.5 Å². The number of carboxylic acids is 1. The number of aliphatic hydroxyl groups excluding tert-OH is 1. The molecule has 1 aliphatic heterocycles. The number of rotatable bonds is 2. The topological polar surface area (TPSA) is 60.8 Å². The Morgan fingerprint density at radius 3 is 2.50 bits per heavy atom. The highest BCUT2D eigenvalue weighted by Crippen LogP contribution is 2.41. The summed E-state index contributed by atoms with van der Waals surface area (Å²) in [5.74, 6) is -1.58. The first kappa shape index (κ1) is 13.2. The van der Waals surface area contributed by atoms with Crippen molar-refractivity contribution in [1.29, 1.82) is 0 Å². The summed E-state index contributed by atoms with van der Waals surface area (Å²) < 4.78 is 37.0. The van der Waals surface area contributed by atoms with E-state index >= 15 is 0 Å². The van der Waals surface area contributed by atoms with Crippen molar-refractivity contribution in [2.45, 2.75) is 25.1 Å². The zero-order chi connectivity index (χ0) is 12.6. The molecule has 0 radical (unpaired) electrons. The van der Waals surface area contributed by atoms with Crippen LogP contribution in [0, 0.1) is 5.41 Å². The number of aliphatic hydroxyl groups is 1. The van der Waals surface area contributed by atoms with E-state index in [2.05, 4.69) is 0 Å². The molecule has 1 fully saturated rings. The van der Waals surface area contributed by atoms with Crippen molar-refractivity contribution in [3.05, 3.63) is 0 Å². The Bertz CT molecular complexity index is 282. The fraction of sp³-hybridized carbons (Fsp3) is 0.889. The van der Waals surface area contributed by atoms with Crippen LogP contribution in [-0.4, -0.2) is 53.5 Å². The summed E-state index contributed by atoms with van der Waals surface area (Å²) in [4.78, 5) is 12.6. The van der Waals surface area contributed by atoms with Crippen LogP contribution < -0.4 is 0 Å². The molecule has 2 unspecified atom stereocenters. The summed E-state index contributed by atoms with van der Waals surface area (Å²) in [5.41, 5.74) is -2.09. The second-order valence-corrected chi connectivity index (χ2v) is 4.28. The van der Waals surface area contributed by atoms with E-state index in [0.29, 0.717) is 0 Å². The van der Waals surface area contributed by atoms with Gasteiger partial charge in [0, 0.05) is 6.54 Å². The van der Waals surface area contributed by atoms with Crippen molar-refractivity contribution in [1.82, 2.24) is 4.90 Å². The molecule has 0 aromatic heterocycles. The van der Waals surface area contributed by atoms with E-state index in [1.807, 2.05) is 0 Å². The van der Waals surface area contributed by atoms with Gasteiger partial charge in [0.2, 0.25) is 0 Å². The number of alkyl halides is 3. The molecule has 0 amide bonds. The highest BCUT2D eigenvalue weighted by atomic mass is 19.4. The molecule has 1 heterocycles. The number of piperidine rings is 1. The summed E-state index contributed by atoms with van der Waals surface area (Å²) in [6, 6.07) is 0. The minimum Gasteiger partial charge on any atom is -0.481 e. The Kier molecular flexibility index (Phi) is 3.49. The molecule has 16 heavy (non-hydrogen) atoms. The van der Waals surface area contributed by atoms with Gasteiger partial charge in [-0.2, -0.15) is 13.2 Å². The summed E-state index contributed by atoms with van der Waals surface area (Å²) in [5, 5.41) is 18.5. The molecule has 1 saturated heterocycles. The highest BCUT2D eigenvalue weighted by Gasteiger charge is 2.54. The van der Waals surface area contributed by atoms with Crippen molar-refractivity contribution in [2.24, 2.45) is 5.41 Å². The minimum absolute atomic E-state index is 0.0532. The Morgan fingerprint density at radius 1 is 1.56 bits per heavy atom. The maximum atomic E-state index is 12.3. The molecule has 0 spiro atoms. The normalized spacial score (nSPS) is 32.7. The Balaban J connectivity index is 2.93. The fourth-order valence-corrected chi connectivity index (χ4v) is 2.01. The van der Waals surface area contributed by atoms with Gasteiger partial charge in [-0.15, -0.1) is 0 Å². The third kappa shape index (κ3) is 2.65. The number of nitrogens with zero attached hydrogens (tertiary/aromatic N) is 1. The van der Waals surface area contributed by atoms with E-state index in [9.17, 15) is 23.1 Å². The van der Waals surface area contributed by atoms with Crippen molar-refractivity contribution in [3.63, 3.8) is 0 Å². The maximum Gasteiger partial charge on any atom is 0.390 e. The first-order chi connectivity index (χ1) is 7.17. The van der Waals surface area contributed by atoms with Crippen LogP contribution in [0.1, 0.15) is 12.8 Å². The number of halogens is 3. The molecule has 0 aliphatic carbocycles. The average molecular weight is 241 g/mol. The number of hydrogen-bond acceptors (Lipinski definition) is 3. The van der Waals surface area contributed by atoms with Gasteiger partial charge in [-0.05, 0) is 20.0 Å². The van der Waals surface area contributed by atoms with Gasteiger partial charge in [0.05, 0.1) is 12.5 Å². The van der Waals surface area contributed by atoms with Crippen LogP contribution in [-0.2, 0) is 4.79 Å². The number of β-amino-alcohol motifs (C(OH)–C–C–N with tert-alkyl or cyclic N) is 1. The van der Waals surface area contributed by atoms with Crippen molar-refractivity contribution in [3.8, 4) is 0 Å². The number of hydrogen-bond donors (Lipinski definition) is 2. The predicted molar refractivity (Wildman–Crippen MR) is 48.9 cm³/mol. The van der Waals surface area contributed by atoms with Gasteiger partial charge in [0.1, 0.15) is 5.41 Å².